The first-order valence-electron chi connectivity index (χ1n) is 6.96. The van der Waals surface area contributed by atoms with Crippen LogP contribution >= 0.6 is 0 Å². The topological polar surface area (TPSA) is 40.6 Å². The zero-order valence-corrected chi connectivity index (χ0v) is 11.0. The van der Waals surface area contributed by atoms with Crippen molar-refractivity contribution in [2.24, 2.45) is 0 Å². The maximum absolute atomic E-state index is 12.6. The summed E-state index contributed by atoms with van der Waals surface area (Å²) in [5.74, 6) is 0.137. The summed E-state index contributed by atoms with van der Waals surface area (Å²) >= 11 is 0. The summed E-state index contributed by atoms with van der Waals surface area (Å²) in [5.41, 5.74) is 1.45. The highest BCUT2D eigenvalue weighted by Crippen LogP contribution is 2.28. The molecule has 2 amide bonds. The quantitative estimate of drug-likeness (QED) is 0.718. The van der Waals surface area contributed by atoms with Crippen LogP contribution in [0.3, 0.4) is 0 Å². The van der Waals surface area contributed by atoms with Gasteiger partial charge in [0.25, 0.3) is 0 Å². The van der Waals surface area contributed by atoms with Crippen LogP contribution in [0.25, 0.3) is 0 Å². The van der Waals surface area contributed by atoms with Gasteiger partial charge in [-0.1, -0.05) is 12.1 Å². The number of anilines is 1. The van der Waals surface area contributed by atoms with Gasteiger partial charge in [0.1, 0.15) is 0 Å². The highest BCUT2D eigenvalue weighted by atomic mass is 16.2. The summed E-state index contributed by atoms with van der Waals surface area (Å²) in [4.78, 5) is 28.1. The predicted octanol–water partition coefficient (Wildman–Crippen LogP) is 2.69. The minimum Gasteiger partial charge on any atom is -0.324 e. The van der Waals surface area contributed by atoms with Crippen molar-refractivity contribution in [3.05, 3.63) is 29.8 Å². The largest absolute Gasteiger partial charge is 0.324 e. The lowest BCUT2D eigenvalue weighted by molar-refractivity contribution is 0.0980. The summed E-state index contributed by atoms with van der Waals surface area (Å²) in [5, 5.41) is 0. The molecular formula is C15H18N2O2. The average molecular weight is 258 g/mol. The van der Waals surface area contributed by atoms with E-state index in [2.05, 4.69) is 0 Å². The summed E-state index contributed by atoms with van der Waals surface area (Å²) in [6, 6.07) is 7.47. The predicted molar refractivity (Wildman–Crippen MR) is 73.6 cm³/mol. The number of likely N-dealkylation sites (tertiary alicyclic amines) is 1. The van der Waals surface area contributed by atoms with Gasteiger partial charge in [-0.05, 0) is 31.4 Å². The normalized spacial score (nSPS) is 19.3. The Morgan fingerprint density at radius 3 is 2.53 bits per heavy atom. The number of hydrogen-bond donors (Lipinski definition) is 0. The molecule has 0 aliphatic carbocycles. The number of para-hydroxylation sites is 1. The van der Waals surface area contributed by atoms with Crippen LogP contribution in [0.2, 0.25) is 0 Å². The fraction of sp³-hybridized carbons (Fsp3) is 0.467. The van der Waals surface area contributed by atoms with E-state index in [1.807, 2.05) is 29.2 Å². The molecular weight excluding hydrogens is 240 g/mol. The van der Waals surface area contributed by atoms with Crippen molar-refractivity contribution in [2.45, 2.75) is 25.7 Å². The maximum Gasteiger partial charge on any atom is 0.324 e. The highest BCUT2D eigenvalue weighted by molar-refractivity contribution is 6.08. The molecule has 1 fully saturated rings. The average Bonchev–Trinajstić information content (AvgIpc) is 2.48. The highest BCUT2D eigenvalue weighted by Gasteiger charge is 2.30. The second kappa shape index (κ2) is 5.03. The number of piperidine rings is 1. The molecule has 1 aromatic rings. The minimum atomic E-state index is 0.0552. The van der Waals surface area contributed by atoms with Crippen LogP contribution in [0, 0.1) is 0 Å². The van der Waals surface area contributed by atoms with Crippen molar-refractivity contribution < 1.29 is 9.59 Å². The van der Waals surface area contributed by atoms with Crippen LogP contribution in [-0.2, 0) is 0 Å². The standard InChI is InChI=1S/C15H18N2O2/c18-14-8-11-17(13-7-3-2-6-12(13)14)15(19)16-9-4-1-5-10-16/h2-3,6-7H,1,4-5,8-11H2. The Balaban J connectivity index is 1.87. The number of hydrogen-bond acceptors (Lipinski definition) is 2. The lowest BCUT2D eigenvalue weighted by atomic mass is 10.0. The molecule has 0 unspecified atom stereocenters. The summed E-state index contributed by atoms with van der Waals surface area (Å²) in [6.45, 7) is 2.18. The molecule has 0 radical (unpaired) electrons. The van der Waals surface area contributed by atoms with Crippen LogP contribution < -0.4 is 4.90 Å². The molecule has 1 aromatic carbocycles. The summed E-state index contributed by atoms with van der Waals surface area (Å²) in [6.07, 6.45) is 3.80. The van der Waals surface area contributed by atoms with Gasteiger partial charge in [0.05, 0.1) is 5.69 Å². The van der Waals surface area contributed by atoms with Crippen molar-refractivity contribution >= 4 is 17.5 Å². The van der Waals surface area contributed by atoms with Gasteiger partial charge < -0.3 is 4.90 Å². The van der Waals surface area contributed by atoms with E-state index in [0.717, 1.165) is 31.6 Å². The number of benzene rings is 1. The summed E-state index contributed by atoms with van der Waals surface area (Å²) < 4.78 is 0. The minimum absolute atomic E-state index is 0.0552. The number of fused-ring (bicyclic) bond motifs is 1. The van der Waals surface area contributed by atoms with Crippen molar-refractivity contribution in [3.63, 3.8) is 0 Å². The first-order chi connectivity index (χ1) is 9.27. The Hall–Kier alpha value is -1.84. The number of urea groups is 1. The van der Waals surface area contributed by atoms with E-state index >= 15 is 0 Å². The zero-order chi connectivity index (χ0) is 13.2. The number of rotatable bonds is 0. The number of amides is 2. The third-order valence-corrected chi connectivity index (χ3v) is 3.92. The Labute approximate surface area is 113 Å². The second-order valence-electron chi connectivity index (χ2n) is 5.17. The van der Waals surface area contributed by atoms with Gasteiger partial charge >= 0.3 is 6.03 Å². The third-order valence-electron chi connectivity index (χ3n) is 3.92. The van der Waals surface area contributed by atoms with Gasteiger partial charge in [0.15, 0.2) is 5.78 Å². The van der Waals surface area contributed by atoms with E-state index in [9.17, 15) is 9.59 Å². The van der Waals surface area contributed by atoms with Gasteiger partial charge in [-0.3, -0.25) is 9.69 Å². The van der Waals surface area contributed by atoms with Crippen LogP contribution in [0.1, 0.15) is 36.0 Å². The third kappa shape index (κ3) is 2.23. The first-order valence-corrected chi connectivity index (χ1v) is 6.96. The first kappa shape index (κ1) is 12.2. The van der Waals surface area contributed by atoms with Crippen LogP contribution in [0.15, 0.2) is 24.3 Å². The van der Waals surface area contributed by atoms with E-state index in [1.165, 1.54) is 6.42 Å². The van der Waals surface area contributed by atoms with Crippen LogP contribution in [0.4, 0.5) is 10.5 Å². The van der Waals surface area contributed by atoms with Gasteiger partial charge in [-0.15, -0.1) is 0 Å². The molecule has 19 heavy (non-hydrogen) atoms. The summed E-state index contributed by atoms with van der Waals surface area (Å²) in [7, 11) is 0. The Bertz CT molecular complexity index is 507. The van der Waals surface area contributed by atoms with Gasteiger partial charge in [-0.2, -0.15) is 0 Å². The molecule has 0 bridgehead atoms. The van der Waals surface area contributed by atoms with Crippen molar-refractivity contribution in [1.82, 2.24) is 4.90 Å². The maximum atomic E-state index is 12.6. The van der Waals surface area contributed by atoms with Gasteiger partial charge in [0.2, 0.25) is 0 Å². The second-order valence-corrected chi connectivity index (χ2v) is 5.17. The molecule has 0 spiro atoms. The molecule has 4 nitrogen and oxygen atoms in total. The number of carbonyl (C=O) groups is 2. The molecule has 100 valence electrons. The molecule has 2 aliphatic heterocycles. The van der Waals surface area contributed by atoms with Gasteiger partial charge in [0, 0.05) is 31.6 Å². The molecule has 0 N–H and O–H groups in total. The lowest BCUT2D eigenvalue weighted by Gasteiger charge is -2.35. The van der Waals surface area contributed by atoms with E-state index in [4.69, 9.17) is 0 Å². The van der Waals surface area contributed by atoms with Crippen LogP contribution in [-0.4, -0.2) is 36.3 Å². The lowest BCUT2D eigenvalue weighted by Crippen LogP contribution is -2.48. The van der Waals surface area contributed by atoms with E-state index in [-0.39, 0.29) is 11.8 Å². The molecule has 0 atom stereocenters. The molecule has 0 aromatic heterocycles. The number of ketones is 1. The van der Waals surface area contributed by atoms with E-state index in [0.29, 0.717) is 18.5 Å². The zero-order valence-electron chi connectivity index (χ0n) is 11.0. The van der Waals surface area contributed by atoms with Crippen molar-refractivity contribution in [2.75, 3.05) is 24.5 Å². The number of carbonyl (C=O) groups excluding carboxylic acids is 2. The number of nitrogens with zero attached hydrogens (tertiary/aromatic N) is 2. The smallest absolute Gasteiger partial charge is 0.324 e. The van der Waals surface area contributed by atoms with Crippen molar-refractivity contribution in [3.8, 4) is 0 Å². The Morgan fingerprint density at radius 2 is 1.74 bits per heavy atom. The molecule has 2 aliphatic rings. The van der Waals surface area contributed by atoms with E-state index in [1.54, 1.807) is 4.90 Å². The number of Topliss-reactive ketones (excluding diaryl/α,β-unsaturated/α-hetero) is 1. The van der Waals surface area contributed by atoms with Gasteiger partial charge in [-0.25, -0.2) is 4.79 Å². The van der Waals surface area contributed by atoms with Crippen LogP contribution in [0.5, 0.6) is 0 Å². The fourth-order valence-electron chi connectivity index (χ4n) is 2.87. The van der Waals surface area contributed by atoms with Crippen molar-refractivity contribution in [1.29, 1.82) is 0 Å². The molecule has 2 heterocycles. The monoisotopic (exact) mass is 258 g/mol. The fourth-order valence-corrected chi connectivity index (χ4v) is 2.87. The molecule has 0 saturated carbocycles. The Morgan fingerprint density at radius 1 is 1.00 bits per heavy atom. The van der Waals surface area contributed by atoms with E-state index < -0.39 is 0 Å². The SMILES string of the molecule is O=C1CCN(C(=O)N2CCCCC2)c2ccccc21. The molecule has 3 rings (SSSR count). The molecule has 4 heteroatoms. The Kier molecular flexibility index (Phi) is 3.23. The molecule has 1 saturated heterocycles.